The van der Waals surface area contributed by atoms with Crippen molar-refractivity contribution in [2.45, 2.75) is 57.0 Å². The summed E-state index contributed by atoms with van der Waals surface area (Å²) in [6, 6.07) is 15.9. The van der Waals surface area contributed by atoms with Crippen LogP contribution in [0.25, 0.3) is 0 Å². The first-order valence-electron chi connectivity index (χ1n) is 14.2. The van der Waals surface area contributed by atoms with E-state index in [4.69, 9.17) is 0 Å². The third-order valence-corrected chi connectivity index (χ3v) is 8.48. The van der Waals surface area contributed by atoms with Gasteiger partial charge in [0.2, 0.25) is 0 Å². The second-order valence-corrected chi connectivity index (χ2v) is 11.4. The molecule has 39 heavy (non-hydrogen) atoms. The third kappa shape index (κ3) is 5.42. The lowest BCUT2D eigenvalue weighted by atomic mass is 9.76. The van der Waals surface area contributed by atoms with Gasteiger partial charge >= 0.3 is 7.12 Å². The highest BCUT2D eigenvalue weighted by molar-refractivity contribution is 6.58. The zero-order valence-electron chi connectivity index (χ0n) is 22.4. The maximum absolute atomic E-state index is 15.9. The van der Waals surface area contributed by atoms with E-state index in [9.17, 15) is 10.0 Å². The maximum atomic E-state index is 15.9. The molecular formula is C31H36BF2N3O2. The van der Waals surface area contributed by atoms with E-state index in [-0.39, 0.29) is 11.6 Å². The molecule has 2 fully saturated rings. The van der Waals surface area contributed by atoms with E-state index < -0.39 is 24.8 Å². The summed E-state index contributed by atoms with van der Waals surface area (Å²) in [5.74, 6) is -0.531. The fraction of sp³-hybridized carbons (Fsp3) is 0.419. The van der Waals surface area contributed by atoms with Crippen molar-refractivity contribution < 1.29 is 18.8 Å². The lowest BCUT2D eigenvalue weighted by Crippen LogP contribution is -2.54. The van der Waals surface area contributed by atoms with Gasteiger partial charge in [-0.05, 0) is 84.6 Å². The minimum Gasteiger partial charge on any atom is -0.423 e. The Morgan fingerprint density at radius 2 is 1.69 bits per heavy atom. The van der Waals surface area contributed by atoms with Gasteiger partial charge in [0.1, 0.15) is 11.6 Å². The van der Waals surface area contributed by atoms with Crippen molar-refractivity contribution in [3.8, 4) is 0 Å². The number of likely N-dealkylation sites (tertiary alicyclic amines) is 1. The average Bonchev–Trinajstić information content (AvgIpc) is 3.75. The van der Waals surface area contributed by atoms with Crippen molar-refractivity contribution in [3.63, 3.8) is 0 Å². The van der Waals surface area contributed by atoms with Gasteiger partial charge in [-0.15, -0.1) is 0 Å². The summed E-state index contributed by atoms with van der Waals surface area (Å²) in [5.41, 5.74) is 4.74. The SMILES string of the molecule is CCCCN1CC(Nc2cc(F)c([C@H]3c4ccc(B(O)O)cc4CCN3c3ccc(C4CC4)cc3)c(F)c2)C1. The Labute approximate surface area is 229 Å². The average molecular weight is 531 g/mol. The van der Waals surface area contributed by atoms with E-state index in [1.165, 1.54) is 30.5 Å². The Morgan fingerprint density at radius 3 is 2.33 bits per heavy atom. The molecule has 1 saturated carbocycles. The highest BCUT2D eigenvalue weighted by atomic mass is 19.1. The largest absolute Gasteiger partial charge is 0.488 e. The van der Waals surface area contributed by atoms with Crippen molar-refractivity contribution in [2.24, 2.45) is 0 Å². The Morgan fingerprint density at radius 1 is 0.974 bits per heavy atom. The molecule has 0 radical (unpaired) electrons. The molecule has 2 aliphatic heterocycles. The normalized spacial score (nSPS) is 19.5. The third-order valence-electron chi connectivity index (χ3n) is 8.48. The Kier molecular flexibility index (Phi) is 7.36. The number of halogens is 2. The minimum atomic E-state index is -1.59. The second-order valence-electron chi connectivity index (χ2n) is 11.4. The summed E-state index contributed by atoms with van der Waals surface area (Å²) < 4.78 is 31.8. The Hall–Kier alpha value is -2.94. The maximum Gasteiger partial charge on any atom is 0.488 e. The molecule has 0 bridgehead atoms. The van der Waals surface area contributed by atoms with Crippen LogP contribution in [-0.2, 0) is 6.42 Å². The number of anilines is 2. The Bertz CT molecular complexity index is 1300. The molecule has 0 aromatic heterocycles. The second kappa shape index (κ2) is 10.9. The molecule has 3 N–H and O–H groups in total. The van der Waals surface area contributed by atoms with Crippen LogP contribution in [0.15, 0.2) is 54.6 Å². The molecule has 2 heterocycles. The van der Waals surface area contributed by atoms with E-state index in [1.807, 2.05) is 0 Å². The highest BCUT2D eigenvalue weighted by Crippen LogP contribution is 2.43. The number of rotatable bonds is 9. The van der Waals surface area contributed by atoms with Gasteiger partial charge < -0.3 is 20.3 Å². The van der Waals surface area contributed by atoms with E-state index >= 15 is 8.78 Å². The number of hydrogen-bond acceptors (Lipinski definition) is 5. The van der Waals surface area contributed by atoms with Gasteiger partial charge in [-0.3, -0.25) is 4.90 Å². The summed E-state index contributed by atoms with van der Waals surface area (Å²) in [5, 5.41) is 22.7. The Balaban J connectivity index is 1.32. The molecule has 0 spiro atoms. The van der Waals surface area contributed by atoms with E-state index in [2.05, 4.69) is 46.3 Å². The van der Waals surface area contributed by atoms with Crippen LogP contribution in [0.4, 0.5) is 20.2 Å². The van der Waals surface area contributed by atoms with Crippen molar-refractivity contribution in [1.29, 1.82) is 0 Å². The summed E-state index contributed by atoms with van der Waals surface area (Å²) in [6.45, 7) is 5.55. The lowest BCUT2D eigenvalue weighted by Gasteiger charge is -2.41. The smallest absolute Gasteiger partial charge is 0.423 e. The zero-order valence-corrected chi connectivity index (χ0v) is 22.4. The fourth-order valence-corrected chi connectivity index (χ4v) is 6.14. The highest BCUT2D eigenvalue weighted by Gasteiger charge is 2.35. The summed E-state index contributed by atoms with van der Waals surface area (Å²) in [6.07, 6.45) is 5.38. The van der Waals surface area contributed by atoms with Crippen LogP contribution in [0.2, 0.25) is 0 Å². The molecule has 3 aromatic rings. The van der Waals surface area contributed by atoms with Crippen LogP contribution in [0.5, 0.6) is 0 Å². The molecule has 1 saturated heterocycles. The molecule has 1 atom stereocenters. The first kappa shape index (κ1) is 26.3. The standard InChI is InChI=1S/C31H36BF2N3O2/c1-2-3-13-36-18-25(19-36)35-24-16-28(33)30(29(34)17-24)31-27-11-8-23(32(38)39)15-22(27)12-14-37(31)26-9-6-21(7-10-26)20-4-5-20/h6-11,15-17,20,25,31,35,38-39H,2-5,12-14,18-19H2,1H3/t31-/m1/s1. The lowest BCUT2D eigenvalue weighted by molar-refractivity contribution is 0.159. The topological polar surface area (TPSA) is 59.0 Å². The van der Waals surface area contributed by atoms with Gasteiger partial charge in [0.05, 0.1) is 17.6 Å². The molecule has 204 valence electrons. The first-order chi connectivity index (χ1) is 18.9. The summed E-state index contributed by atoms with van der Waals surface area (Å²) >= 11 is 0. The minimum absolute atomic E-state index is 0.0169. The summed E-state index contributed by atoms with van der Waals surface area (Å²) in [4.78, 5) is 4.42. The van der Waals surface area contributed by atoms with Crippen molar-refractivity contribution in [3.05, 3.63) is 88.5 Å². The van der Waals surface area contributed by atoms with Crippen molar-refractivity contribution in [1.82, 2.24) is 4.90 Å². The number of nitrogens with one attached hydrogen (secondary N) is 1. The number of hydrogen-bond donors (Lipinski definition) is 3. The number of unbranched alkanes of at least 4 members (excludes halogenated alkanes) is 1. The molecule has 0 amide bonds. The number of fused-ring (bicyclic) bond motifs is 1. The first-order valence-corrected chi connectivity index (χ1v) is 14.2. The van der Waals surface area contributed by atoms with Gasteiger partial charge in [0.25, 0.3) is 0 Å². The summed E-state index contributed by atoms with van der Waals surface area (Å²) in [7, 11) is -1.59. The van der Waals surface area contributed by atoms with E-state index in [1.54, 1.807) is 18.2 Å². The van der Waals surface area contributed by atoms with Crippen LogP contribution in [0.1, 0.15) is 66.8 Å². The molecule has 8 heteroatoms. The number of benzene rings is 3. The van der Waals surface area contributed by atoms with E-state index in [0.717, 1.165) is 49.3 Å². The monoisotopic (exact) mass is 531 g/mol. The van der Waals surface area contributed by atoms with Crippen LogP contribution in [0.3, 0.4) is 0 Å². The van der Waals surface area contributed by atoms with Gasteiger partial charge in [0, 0.05) is 31.0 Å². The van der Waals surface area contributed by atoms with Crippen LogP contribution in [-0.4, -0.2) is 54.3 Å². The molecule has 3 aromatic carbocycles. The molecule has 6 rings (SSSR count). The van der Waals surface area contributed by atoms with Crippen molar-refractivity contribution in [2.75, 3.05) is 36.4 Å². The molecule has 5 nitrogen and oxygen atoms in total. The van der Waals surface area contributed by atoms with Crippen LogP contribution in [0, 0.1) is 11.6 Å². The zero-order chi connectivity index (χ0) is 27.1. The predicted octanol–water partition coefficient (Wildman–Crippen LogP) is 4.57. The molecular weight excluding hydrogens is 495 g/mol. The van der Waals surface area contributed by atoms with E-state index in [0.29, 0.717) is 30.0 Å². The van der Waals surface area contributed by atoms with Gasteiger partial charge in [-0.2, -0.15) is 0 Å². The quantitative estimate of drug-likeness (QED) is 0.354. The molecule has 3 aliphatic rings. The van der Waals surface area contributed by atoms with Gasteiger partial charge in [-0.1, -0.05) is 43.7 Å². The van der Waals surface area contributed by atoms with Crippen molar-refractivity contribution >= 4 is 24.0 Å². The van der Waals surface area contributed by atoms with Gasteiger partial charge in [0.15, 0.2) is 0 Å². The van der Waals surface area contributed by atoms with Crippen LogP contribution >= 0.6 is 0 Å². The molecule has 0 unspecified atom stereocenters. The van der Waals surface area contributed by atoms with Gasteiger partial charge in [-0.25, -0.2) is 8.78 Å². The fourth-order valence-electron chi connectivity index (χ4n) is 6.14. The molecule has 1 aliphatic carbocycles. The predicted molar refractivity (Wildman–Crippen MR) is 153 cm³/mol. The number of nitrogens with zero attached hydrogens (tertiary/aromatic N) is 2. The van der Waals surface area contributed by atoms with Crippen LogP contribution < -0.4 is 15.7 Å².